The lowest BCUT2D eigenvalue weighted by Crippen LogP contribution is -2.19. The molecule has 0 aliphatic heterocycles. The summed E-state index contributed by atoms with van der Waals surface area (Å²) in [5.74, 6) is 0.684. The van der Waals surface area contributed by atoms with Gasteiger partial charge in [0.15, 0.2) is 0 Å². The van der Waals surface area contributed by atoms with Crippen LogP contribution in [0.2, 0.25) is 0 Å². The van der Waals surface area contributed by atoms with Crippen molar-refractivity contribution < 1.29 is 0 Å². The van der Waals surface area contributed by atoms with Crippen LogP contribution in [0.15, 0.2) is 71.9 Å². The van der Waals surface area contributed by atoms with Gasteiger partial charge in [-0.25, -0.2) is 15.0 Å². The molecule has 0 saturated carbocycles. The van der Waals surface area contributed by atoms with Crippen molar-refractivity contribution in [2.24, 2.45) is 0 Å². The Balaban J connectivity index is 1.77. The minimum atomic E-state index is -0.620. The molecule has 160 valence electrons. The molecule has 4 aromatic heterocycles. The summed E-state index contributed by atoms with van der Waals surface area (Å²) >= 11 is 0. The minimum absolute atomic E-state index is 0.173. The third-order valence-corrected chi connectivity index (χ3v) is 5.77. The smallest absolute Gasteiger partial charge is 0.255 e. The van der Waals surface area contributed by atoms with Crippen molar-refractivity contribution in [3.63, 3.8) is 0 Å². The van der Waals surface area contributed by atoms with Crippen LogP contribution in [0.4, 0.5) is 0 Å². The summed E-state index contributed by atoms with van der Waals surface area (Å²) in [5.41, 5.74) is 4.24. The van der Waals surface area contributed by atoms with Crippen LogP contribution in [0.25, 0.3) is 38.9 Å². The van der Waals surface area contributed by atoms with Gasteiger partial charge in [0.05, 0.1) is 28.2 Å². The van der Waals surface area contributed by atoms with Crippen molar-refractivity contribution >= 4 is 21.9 Å². The Labute approximate surface area is 190 Å². The summed E-state index contributed by atoms with van der Waals surface area (Å²) in [6.45, 7) is 5.56. The van der Waals surface area contributed by atoms with Crippen LogP contribution in [-0.4, -0.2) is 24.5 Å². The lowest BCUT2D eigenvalue weighted by atomic mass is 9.86. The Kier molecular flexibility index (Phi) is 4.72. The standard InChI is InChI=1S/C26H20N6O/c1-16-28-13-18(14-29-16)21-9-10-22-24(31-21)25-17(12-30-22)4-11-23(33)32(25)20-7-5-19(6-8-20)26(2,3)15-27/h4-14H,1-3H3. The van der Waals surface area contributed by atoms with Gasteiger partial charge in [0.1, 0.15) is 11.3 Å². The van der Waals surface area contributed by atoms with Gasteiger partial charge in [-0.05, 0) is 56.7 Å². The maximum Gasteiger partial charge on any atom is 0.255 e. The van der Waals surface area contributed by atoms with E-state index < -0.39 is 5.41 Å². The number of nitriles is 1. The first-order chi connectivity index (χ1) is 15.9. The summed E-state index contributed by atoms with van der Waals surface area (Å²) in [7, 11) is 0. The van der Waals surface area contributed by atoms with E-state index in [1.54, 1.807) is 29.2 Å². The second-order valence-corrected chi connectivity index (χ2v) is 8.44. The molecule has 7 heteroatoms. The van der Waals surface area contributed by atoms with Crippen LogP contribution in [0.1, 0.15) is 25.2 Å². The molecule has 0 aliphatic rings. The number of hydrogen-bond acceptors (Lipinski definition) is 6. The molecule has 0 radical (unpaired) electrons. The highest BCUT2D eigenvalue weighted by molar-refractivity contribution is 6.02. The van der Waals surface area contributed by atoms with Crippen molar-refractivity contribution in [3.8, 4) is 23.0 Å². The van der Waals surface area contributed by atoms with Gasteiger partial charge in [-0.15, -0.1) is 0 Å². The van der Waals surface area contributed by atoms with Crippen LogP contribution >= 0.6 is 0 Å². The van der Waals surface area contributed by atoms with Gasteiger partial charge >= 0.3 is 0 Å². The summed E-state index contributed by atoms with van der Waals surface area (Å²) in [5, 5.41) is 10.2. The van der Waals surface area contributed by atoms with Crippen molar-refractivity contribution in [2.75, 3.05) is 0 Å². The van der Waals surface area contributed by atoms with E-state index >= 15 is 0 Å². The van der Waals surface area contributed by atoms with Gasteiger partial charge in [-0.2, -0.15) is 5.26 Å². The molecular formula is C26H20N6O. The van der Waals surface area contributed by atoms with Gasteiger partial charge in [0, 0.05) is 41.3 Å². The Hall–Kier alpha value is -4.44. The molecule has 7 nitrogen and oxygen atoms in total. The van der Waals surface area contributed by atoms with Crippen molar-refractivity contribution in [1.82, 2.24) is 24.5 Å². The molecule has 0 N–H and O–H groups in total. The SMILES string of the molecule is Cc1ncc(-c2ccc3ncc4ccc(=O)n(-c5ccc(C(C)(C)C#N)cc5)c4c3n2)cn1. The lowest BCUT2D eigenvalue weighted by Gasteiger charge is -2.17. The molecule has 0 spiro atoms. The van der Waals surface area contributed by atoms with Crippen molar-refractivity contribution in [1.29, 1.82) is 5.26 Å². The van der Waals surface area contributed by atoms with E-state index in [9.17, 15) is 10.1 Å². The summed E-state index contributed by atoms with van der Waals surface area (Å²) < 4.78 is 1.64. The zero-order chi connectivity index (χ0) is 23.2. The molecule has 0 unspecified atom stereocenters. The number of nitrogens with zero attached hydrogens (tertiary/aromatic N) is 6. The van der Waals surface area contributed by atoms with E-state index in [1.165, 1.54) is 6.07 Å². The van der Waals surface area contributed by atoms with E-state index in [0.717, 1.165) is 16.5 Å². The molecule has 4 heterocycles. The Morgan fingerprint density at radius 1 is 0.909 bits per heavy atom. The van der Waals surface area contributed by atoms with E-state index in [2.05, 4.69) is 21.0 Å². The summed E-state index contributed by atoms with van der Waals surface area (Å²) in [4.78, 5) is 31.0. The summed E-state index contributed by atoms with van der Waals surface area (Å²) in [6.07, 6.45) is 5.22. The fourth-order valence-corrected chi connectivity index (χ4v) is 3.80. The number of rotatable bonds is 3. The molecule has 0 fully saturated rings. The molecular weight excluding hydrogens is 412 g/mol. The average molecular weight is 432 g/mol. The molecule has 5 aromatic rings. The molecule has 0 saturated heterocycles. The number of benzene rings is 1. The van der Waals surface area contributed by atoms with Crippen LogP contribution in [0.5, 0.6) is 0 Å². The fraction of sp³-hybridized carbons (Fsp3) is 0.154. The van der Waals surface area contributed by atoms with Gasteiger partial charge in [0.25, 0.3) is 5.56 Å². The Morgan fingerprint density at radius 2 is 1.64 bits per heavy atom. The molecule has 0 bridgehead atoms. The monoisotopic (exact) mass is 432 g/mol. The van der Waals surface area contributed by atoms with Crippen LogP contribution < -0.4 is 5.56 Å². The van der Waals surface area contributed by atoms with Gasteiger partial charge in [-0.3, -0.25) is 14.3 Å². The highest BCUT2D eigenvalue weighted by Crippen LogP contribution is 2.28. The molecule has 0 aliphatic carbocycles. The highest BCUT2D eigenvalue weighted by Gasteiger charge is 2.20. The minimum Gasteiger partial charge on any atom is -0.275 e. The molecule has 5 rings (SSSR count). The fourth-order valence-electron chi connectivity index (χ4n) is 3.80. The van der Waals surface area contributed by atoms with Gasteiger partial charge in [0.2, 0.25) is 0 Å². The molecule has 0 amide bonds. The first kappa shape index (κ1) is 20.5. The van der Waals surface area contributed by atoms with Gasteiger partial charge < -0.3 is 0 Å². The number of hydrogen-bond donors (Lipinski definition) is 0. The average Bonchev–Trinajstić information content (AvgIpc) is 2.84. The molecule has 0 atom stereocenters. The second-order valence-electron chi connectivity index (χ2n) is 8.44. The van der Waals surface area contributed by atoms with E-state index in [-0.39, 0.29) is 5.56 Å². The van der Waals surface area contributed by atoms with Gasteiger partial charge in [-0.1, -0.05) is 12.1 Å². The van der Waals surface area contributed by atoms with Crippen LogP contribution in [0, 0.1) is 18.3 Å². The quantitative estimate of drug-likeness (QED) is 0.389. The van der Waals surface area contributed by atoms with Crippen LogP contribution in [-0.2, 0) is 5.41 Å². The first-order valence-electron chi connectivity index (χ1n) is 10.5. The predicted octanol–water partition coefficient (Wildman–Crippen LogP) is 4.50. The van der Waals surface area contributed by atoms with Crippen molar-refractivity contribution in [2.45, 2.75) is 26.2 Å². The predicted molar refractivity (Wildman–Crippen MR) is 127 cm³/mol. The summed E-state index contributed by atoms with van der Waals surface area (Å²) in [6, 6.07) is 16.9. The maximum atomic E-state index is 13.1. The Bertz CT molecular complexity index is 1610. The number of fused-ring (bicyclic) bond motifs is 3. The van der Waals surface area contributed by atoms with Crippen molar-refractivity contribution in [3.05, 3.63) is 88.9 Å². The van der Waals surface area contributed by atoms with E-state index in [4.69, 9.17) is 4.98 Å². The molecule has 33 heavy (non-hydrogen) atoms. The topological polar surface area (TPSA) is 97.3 Å². The zero-order valence-electron chi connectivity index (χ0n) is 18.4. The second kappa shape index (κ2) is 7.61. The van der Waals surface area contributed by atoms with Crippen LogP contribution in [0.3, 0.4) is 0 Å². The van der Waals surface area contributed by atoms with E-state index in [1.807, 2.05) is 57.2 Å². The Morgan fingerprint density at radius 3 is 2.33 bits per heavy atom. The normalized spacial score (nSPS) is 11.6. The first-order valence-corrected chi connectivity index (χ1v) is 10.5. The lowest BCUT2D eigenvalue weighted by molar-refractivity contribution is 0.686. The maximum absolute atomic E-state index is 13.1. The molecule has 1 aromatic carbocycles. The number of pyridine rings is 3. The third-order valence-electron chi connectivity index (χ3n) is 5.77. The van der Waals surface area contributed by atoms with E-state index in [0.29, 0.717) is 33.8 Å². The number of aromatic nitrogens is 5. The zero-order valence-corrected chi connectivity index (χ0v) is 18.4. The highest BCUT2D eigenvalue weighted by atomic mass is 16.1. The number of aryl methyl sites for hydroxylation is 1. The largest absolute Gasteiger partial charge is 0.275 e. The third kappa shape index (κ3) is 3.52.